The van der Waals surface area contributed by atoms with Crippen molar-refractivity contribution >= 4 is 23.1 Å². The van der Waals surface area contributed by atoms with E-state index in [0.29, 0.717) is 37.7 Å². The third kappa shape index (κ3) is 6.14. The number of aliphatic hydroxyl groups excluding tert-OH is 1. The molecule has 8 nitrogen and oxygen atoms in total. The third-order valence-corrected chi connectivity index (χ3v) is 6.82. The summed E-state index contributed by atoms with van der Waals surface area (Å²) in [5.74, 6) is -0.816. The molecule has 198 valence electrons. The minimum atomic E-state index is -0.666. The smallest absolute Gasteiger partial charge is 0.295 e. The summed E-state index contributed by atoms with van der Waals surface area (Å²) in [6.45, 7) is 6.96. The minimum absolute atomic E-state index is 0.113. The molecule has 1 atom stereocenters. The Morgan fingerprint density at radius 3 is 2.49 bits per heavy atom. The number of rotatable bonds is 10. The number of carbonyl (C=O) groups excluding carboxylic acids is 2. The van der Waals surface area contributed by atoms with Gasteiger partial charge in [0.15, 0.2) is 0 Å². The second-order valence-electron chi connectivity index (χ2n) is 9.66. The molecule has 0 radical (unpaired) electrons. The van der Waals surface area contributed by atoms with Crippen LogP contribution < -0.4 is 9.64 Å². The molecule has 0 aliphatic carbocycles. The van der Waals surface area contributed by atoms with E-state index in [0.717, 1.165) is 43.7 Å². The molecule has 1 N–H and O–H groups in total. The quantitative estimate of drug-likeness (QED) is 0.298. The summed E-state index contributed by atoms with van der Waals surface area (Å²) in [5, 5.41) is 11.4. The van der Waals surface area contributed by atoms with Gasteiger partial charge in [0.05, 0.1) is 31.4 Å². The number of ether oxygens (including phenoxy) is 2. The number of hydrogen-bond acceptors (Lipinski definition) is 7. The van der Waals surface area contributed by atoms with Gasteiger partial charge in [-0.05, 0) is 42.7 Å². The second-order valence-corrected chi connectivity index (χ2v) is 9.66. The first kappa shape index (κ1) is 26.7. The Kier molecular flexibility index (Phi) is 8.84. The van der Waals surface area contributed by atoms with Crippen LogP contribution in [0.4, 0.5) is 5.69 Å². The van der Waals surface area contributed by atoms with E-state index < -0.39 is 17.7 Å². The maximum Gasteiger partial charge on any atom is 0.295 e. The van der Waals surface area contributed by atoms with Crippen LogP contribution in [0.5, 0.6) is 5.75 Å². The van der Waals surface area contributed by atoms with Crippen LogP contribution in [0.25, 0.3) is 5.76 Å². The number of hydrogen-bond donors (Lipinski definition) is 1. The zero-order valence-electron chi connectivity index (χ0n) is 22.0. The Morgan fingerprint density at radius 2 is 1.81 bits per heavy atom. The van der Waals surface area contributed by atoms with Crippen LogP contribution in [0.3, 0.4) is 0 Å². The van der Waals surface area contributed by atoms with Gasteiger partial charge in [0, 0.05) is 51.5 Å². The van der Waals surface area contributed by atoms with Crippen molar-refractivity contribution in [2.24, 2.45) is 0 Å². The molecule has 2 fully saturated rings. The van der Waals surface area contributed by atoms with Crippen LogP contribution in [0.1, 0.15) is 36.9 Å². The van der Waals surface area contributed by atoms with Crippen molar-refractivity contribution in [3.05, 3.63) is 65.2 Å². The van der Waals surface area contributed by atoms with Crippen molar-refractivity contribution in [1.82, 2.24) is 9.80 Å². The van der Waals surface area contributed by atoms with Gasteiger partial charge >= 0.3 is 0 Å². The van der Waals surface area contributed by atoms with Crippen molar-refractivity contribution < 1.29 is 24.2 Å². The molecule has 0 aromatic heterocycles. The van der Waals surface area contributed by atoms with Crippen LogP contribution in [0, 0.1) is 0 Å². The molecule has 2 aliphatic rings. The van der Waals surface area contributed by atoms with E-state index in [1.165, 1.54) is 0 Å². The number of anilines is 1. The summed E-state index contributed by atoms with van der Waals surface area (Å²) < 4.78 is 11.1. The minimum Gasteiger partial charge on any atom is -0.507 e. The molecule has 2 aliphatic heterocycles. The lowest BCUT2D eigenvalue weighted by Gasteiger charge is -2.29. The predicted octanol–water partition coefficient (Wildman–Crippen LogP) is 3.69. The Balaban J connectivity index is 1.67. The number of aliphatic hydroxyl groups is 1. The first-order valence-corrected chi connectivity index (χ1v) is 13.0. The first-order valence-electron chi connectivity index (χ1n) is 13.0. The highest BCUT2D eigenvalue weighted by molar-refractivity contribution is 6.46. The number of likely N-dealkylation sites (tertiary alicyclic amines) is 1. The lowest BCUT2D eigenvalue weighted by molar-refractivity contribution is -0.140. The molecule has 4 rings (SSSR count). The molecule has 2 saturated heterocycles. The van der Waals surface area contributed by atoms with Gasteiger partial charge in [-0.2, -0.15) is 0 Å². The molecule has 2 aromatic rings. The highest BCUT2D eigenvalue weighted by Crippen LogP contribution is 2.40. The zero-order valence-corrected chi connectivity index (χ0v) is 22.0. The molecule has 2 heterocycles. The van der Waals surface area contributed by atoms with Gasteiger partial charge in [-0.1, -0.05) is 31.2 Å². The van der Waals surface area contributed by atoms with Gasteiger partial charge in [-0.15, -0.1) is 0 Å². The molecular weight excluding hydrogens is 470 g/mol. The fourth-order valence-electron chi connectivity index (χ4n) is 4.81. The third-order valence-electron chi connectivity index (χ3n) is 6.82. The maximum absolute atomic E-state index is 13.3. The van der Waals surface area contributed by atoms with Crippen LogP contribution in [0.15, 0.2) is 54.1 Å². The fraction of sp³-hybridized carbons (Fsp3) is 0.448. The summed E-state index contributed by atoms with van der Waals surface area (Å²) >= 11 is 0. The Labute approximate surface area is 219 Å². The van der Waals surface area contributed by atoms with Crippen LogP contribution in [-0.2, 0) is 14.3 Å². The fourth-order valence-corrected chi connectivity index (χ4v) is 4.81. The Hall–Kier alpha value is -3.36. The molecule has 0 saturated carbocycles. The van der Waals surface area contributed by atoms with Gasteiger partial charge in [-0.25, -0.2) is 0 Å². The largest absolute Gasteiger partial charge is 0.507 e. The summed E-state index contributed by atoms with van der Waals surface area (Å²) in [5.41, 5.74) is 2.36. The summed E-state index contributed by atoms with van der Waals surface area (Å²) in [7, 11) is 3.92. The summed E-state index contributed by atoms with van der Waals surface area (Å²) in [6.07, 6.45) is 1.58. The van der Waals surface area contributed by atoms with Gasteiger partial charge in [0.1, 0.15) is 11.5 Å². The van der Waals surface area contributed by atoms with Gasteiger partial charge < -0.3 is 24.4 Å². The summed E-state index contributed by atoms with van der Waals surface area (Å²) in [4.78, 5) is 32.5. The highest BCUT2D eigenvalue weighted by Gasteiger charge is 2.45. The monoisotopic (exact) mass is 507 g/mol. The second kappa shape index (κ2) is 12.3. The first-order chi connectivity index (χ1) is 17.9. The van der Waals surface area contributed by atoms with Crippen molar-refractivity contribution in [2.45, 2.75) is 25.8 Å². The van der Waals surface area contributed by atoms with Crippen LogP contribution in [-0.4, -0.2) is 86.7 Å². The molecule has 37 heavy (non-hydrogen) atoms. The van der Waals surface area contributed by atoms with E-state index in [1.807, 2.05) is 56.3 Å². The van der Waals surface area contributed by atoms with Crippen molar-refractivity contribution in [1.29, 1.82) is 0 Å². The molecule has 1 amide bonds. The van der Waals surface area contributed by atoms with E-state index in [2.05, 4.69) is 4.90 Å². The zero-order chi connectivity index (χ0) is 26.4. The van der Waals surface area contributed by atoms with Gasteiger partial charge in [0.25, 0.3) is 11.7 Å². The molecule has 8 heteroatoms. The van der Waals surface area contributed by atoms with Crippen LogP contribution in [0.2, 0.25) is 0 Å². The molecular formula is C29H37N3O5. The number of benzene rings is 2. The molecule has 0 bridgehead atoms. The topological polar surface area (TPSA) is 82.5 Å². The lowest BCUT2D eigenvalue weighted by Crippen LogP contribution is -2.38. The number of amides is 1. The van der Waals surface area contributed by atoms with Gasteiger partial charge in [-0.3, -0.25) is 14.5 Å². The van der Waals surface area contributed by atoms with Crippen molar-refractivity contribution in [3.8, 4) is 5.75 Å². The Morgan fingerprint density at radius 1 is 1.08 bits per heavy atom. The number of nitrogens with zero attached hydrogens (tertiary/aromatic N) is 3. The van der Waals surface area contributed by atoms with Crippen molar-refractivity contribution in [3.63, 3.8) is 0 Å². The average Bonchev–Trinajstić information content (AvgIpc) is 3.17. The van der Waals surface area contributed by atoms with E-state index in [-0.39, 0.29) is 11.3 Å². The number of carbonyl (C=O) groups is 2. The van der Waals surface area contributed by atoms with Crippen LogP contribution >= 0.6 is 0 Å². The number of ketones is 1. The van der Waals surface area contributed by atoms with Gasteiger partial charge in [0.2, 0.25) is 0 Å². The predicted molar refractivity (Wildman–Crippen MR) is 144 cm³/mol. The van der Waals surface area contributed by atoms with Crippen molar-refractivity contribution in [2.75, 3.05) is 65.0 Å². The van der Waals surface area contributed by atoms with E-state index in [1.54, 1.807) is 23.1 Å². The van der Waals surface area contributed by atoms with E-state index >= 15 is 0 Å². The summed E-state index contributed by atoms with van der Waals surface area (Å²) in [6, 6.07) is 14.1. The molecule has 0 spiro atoms. The maximum atomic E-state index is 13.3. The normalized spacial score (nSPS) is 19.9. The number of Topliss-reactive ketones (excluding diaryl/α,β-unsaturated/α-hetero) is 1. The Bertz CT molecular complexity index is 1120. The SMILES string of the molecule is CCCOc1cccc(/C(O)=C2\C(=O)C(=O)N(CCCN3CCOCC3)C2c2ccc(N(C)C)cc2)c1. The van der Waals surface area contributed by atoms with E-state index in [4.69, 9.17) is 9.47 Å². The lowest BCUT2D eigenvalue weighted by atomic mass is 9.95. The number of morpholine rings is 1. The standard InChI is InChI=1S/C29H37N3O5/c1-4-17-37-24-8-5-7-22(20-24)27(33)25-26(21-9-11-23(12-10-21)30(2)3)32(29(35)28(25)34)14-6-13-31-15-18-36-19-16-31/h5,7-12,20,26,33H,4,6,13-19H2,1-3H3/b27-25+. The average molecular weight is 508 g/mol. The molecule has 1 unspecified atom stereocenters. The highest BCUT2D eigenvalue weighted by atomic mass is 16.5. The molecule has 2 aromatic carbocycles. The van der Waals surface area contributed by atoms with E-state index in [9.17, 15) is 14.7 Å².